The maximum atomic E-state index is 9.87. The van der Waals surface area contributed by atoms with Crippen molar-refractivity contribution in [3.8, 4) is 0 Å². The van der Waals surface area contributed by atoms with Crippen molar-refractivity contribution in [2.24, 2.45) is 0 Å². The molecule has 2 rings (SSSR count). The molecule has 0 aliphatic carbocycles. The van der Waals surface area contributed by atoms with Crippen LogP contribution < -0.4 is 0 Å². The van der Waals surface area contributed by atoms with E-state index >= 15 is 0 Å². The Labute approximate surface area is 128 Å². The number of rotatable bonds is 6. The van der Waals surface area contributed by atoms with E-state index in [4.69, 9.17) is 23.2 Å². The second-order valence-electron chi connectivity index (χ2n) is 4.92. The van der Waals surface area contributed by atoms with Gasteiger partial charge in [0.15, 0.2) is 0 Å². The van der Waals surface area contributed by atoms with Crippen molar-refractivity contribution >= 4 is 23.2 Å². The predicted molar refractivity (Wildman–Crippen MR) is 81.4 cm³/mol. The third kappa shape index (κ3) is 3.18. The number of aliphatic hydroxyl groups is 2. The zero-order valence-corrected chi connectivity index (χ0v) is 12.5. The Kier molecular flexibility index (Phi) is 5.11. The van der Waals surface area contributed by atoms with Crippen LogP contribution in [0.3, 0.4) is 0 Å². The number of hydrogen-bond acceptors (Lipinski definition) is 2. The molecule has 0 spiro atoms. The highest BCUT2D eigenvalue weighted by Gasteiger charge is 2.32. The quantitative estimate of drug-likeness (QED) is 0.767. The molecule has 1 unspecified atom stereocenters. The van der Waals surface area contributed by atoms with E-state index in [1.807, 2.05) is 24.4 Å². The standard InChI is InChI=1S/C15H17Cl2NO2/c16-12-4-3-11(8-13(12)17)9-15(10-20,5-7-19)14-2-1-6-18-14/h1-4,6,8,18-20H,5,7,9-10H2. The molecule has 0 fully saturated rings. The first-order chi connectivity index (χ1) is 9.61. The normalized spacial score (nSPS) is 14.2. The SMILES string of the molecule is OCCC(CO)(Cc1ccc(Cl)c(Cl)c1)c1ccc[nH]1. The number of hydrogen-bond donors (Lipinski definition) is 3. The van der Waals surface area contributed by atoms with Gasteiger partial charge in [0.1, 0.15) is 0 Å². The number of nitrogens with one attached hydrogen (secondary N) is 1. The maximum absolute atomic E-state index is 9.87. The van der Waals surface area contributed by atoms with Crippen molar-refractivity contribution in [3.05, 3.63) is 57.8 Å². The van der Waals surface area contributed by atoms with Gasteiger partial charge in [-0.2, -0.15) is 0 Å². The topological polar surface area (TPSA) is 56.2 Å². The summed E-state index contributed by atoms with van der Waals surface area (Å²) in [4.78, 5) is 3.13. The first kappa shape index (κ1) is 15.4. The first-order valence-corrected chi connectivity index (χ1v) is 7.16. The molecule has 0 saturated carbocycles. The summed E-state index contributed by atoms with van der Waals surface area (Å²) in [6.07, 6.45) is 2.84. The van der Waals surface area contributed by atoms with E-state index in [0.717, 1.165) is 11.3 Å². The molecule has 1 heterocycles. The second-order valence-corrected chi connectivity index (χ2v) is 5.74. The molecular formula is C15H17Cl2NO2. The summed E-state index contributed by atoms with van der Waals surface area (Å²) in [5, 5.41) is 20.2. The van der Waals surface area contributed by atoms with Gasteiger partial charge in [-0.15, -0.1) is 0 Å². The van der Waals surface area contributed by atoms with Gasteiger partial charge < -0.3 is 15.2 Å². The molecule has 20 heavy (non-hydrogen) atoms. The van der Waals surface area contributed by atoms with Crippen LogP contribution in [0.5, 0.6) is 0 Å². The van der Waals surface area contributed by atoms with Gasteiger partial charge in [-0.25, -0.2) is 0 Å². The van der Waals surface area contributed by atoms with Gasteiger partial charge in [-0.1, -0.05) is 29.3 Å². The summed E-state index contributed by atoms with van der Waals surface area (Å²) in [5.74, 6) is 0. The molecule has 3 N–H and O–H groups in total. The number of aromatic amines is 1. The van der Waals surface area contributed by atoms with Crippen LogP contribution >= 0.6 is 23.2 Å². The molecule has 3 nitrogen and oxygen atoms in total. The van der Waals surface area contributed by atoms with Crippen LogP contribution in [0.1, 0.15) is 17.7 Å². The van der Waals surface area contributed by atoms with Crippen LogP contribution in [0.25, 0.3) is 0 Å². The van der Waals surface area contributed by atoms with Gasteiger partial charge in [-0.05, 0) is 42.7 Å². The molecule has 2 aromatic rings. The maximum Gasteiger partial charge on any atom is 0.0595 e. The van der Waals surface area contributed by atoms with E-state index in [-0.39, 0.29) is 13.2 Å². The zero-order chi connectivity index (χ0) is 14.6. The van der Waals surface area contributed by atoms with Crippen molar-refractivity contribution in [1.29, 1.82) is 0 Å². The number of halogens is 2. The molecule has 0 aliphatic rings. The molecule has 108 valence electrons. The minimum Gasteiger partial charge on any atom is -0.396 e. The van der Waals surface area contributed by atoms with Gasteiger partial charge in [-0.3, -0.25) is 0 Å². The second kappa shape index (κ2) is 6.64. The lowest BCUT2D eigenvalue weighted by Crippen LogP contribution is -2.35. The molecule has 1 aromatic heterocycles. The summed E-state index contributed by atoms with van der Waals surface area (Å²) < 4.78 is 0. The Bertz CT molecular complexity index is 557. The van der Waals surface area contributed by atoms with Crippen LogP contribution in [0, 0.1) is 0 Å². The molecule has 0 bridgehead atoms. The Morgan fingerprint density at radius 3 is 2.45 bits per heavy atom. The molecule has 0 amide bonds. The minimum absolute atomic E-state index is 0.000895. The fourth-order valence-electron chi connectivity index (χ4n) is 2.45. The Hall–Kier alpha value is -1.00. The van der Waals surface area contributed by atoms with Crippen molar-refractivity contribution in [2.45, 2.75) is 18.3 Å². The molecule has 0 radical (unpaired) electrons. The predicted octanol–water partition coefficient (Wildman–Crippen LogP) is 3.18. The van der Waals surface area contributed by atoms with Crippen LogP contribution in [0.2, 0.25) is 10.0 Å². The summed E-state index contributed by atoms with van der Waals surface area (Å²) >= 11 is 12.0. The number of aliphatic hydroxyl groups excluding tert-OH is 2. The highest BCUT2D eigenvalue weighted by atomic mass is 35.5. The van der Waals surface area contributed by atoms with Gasteiger partial charge in [0, 0.05) is 23.9 Å². The van der Waals surface area contributed by atoms with Crippen LogP contribution in [0.4, 0.5) is 0 Å². The van der Waals surface area contributed by atoms with Crippen LogP contribution in [0.15, 0.2) is 36.5 Å². The lowest BCUT2D eigenvalue weighted by atomic mass is 9.77. The fourth-order valence-corrected chi connectivity index (χ4v) is 2.77. The minimum atomic E-state index is -0.546. The lowest BCUT2D eigenvalue weighted by Gasteiger charge is -2.31. The average molecular weight is 314 g/mol. The first-order valence-electron chi connectivity index (χ1n) is 6.41. The van der Waals surface area contributed by atoms with E-state index in [2.05, 4.69) is 4.98 Å². The van der Waals surface area contributed by atoms with Gasteiger partial charge >= 0.3 is 0 Å². The molecule has 0 saturated heterocycles. The molecule has 0 aliphatic heterocycles. The van der Waals surface area contributed by atoms with Crippen molar-refractivity contribution in [1.82, 2.24) is 4.98 Å². The molecular weight excluding hydrogens is 297 g/mol. The van der Waals surface area contributed by atoms with E-state index in [9.17, 15) is 10.2 Å². The van der Waals surface area contributed by atoms with Crippen molar-refractivity contribution < 1.29 is 10.2 Å². The highest BCUT2D eigenvalue weighted by molar-refractivity contribution is 6.42. The van der Waals surface area contributed by atoms with Gasteiger partial charge in [0.05, 0.1) is 16.7 Å². The molecule has 1 aromatic carbocycles. The van der Waals surface area contributed by atoms with Crippen LogP contribution in [-0.4, -0.2) is 28.4 Å². The van der Waals surface area contributed by atoms with Crippen LogP contribution in [-0.2, 0) is 11.8 Å². The lowest BCUT2D eigenvalue weighted by molar-refractivity contribution is 0.148. The summed E-state index contributed by atoms with van der Waals surface area (Å²) in [7, 11) is 0. The Balaban J connectivity index is 2.34. The molecule has 5 heteroatoms. The van der Waals surface area contributed by atoms with E-state index < -0.39 is 5.41 Å². The highest BCUT2D eigenvalue weighted by Crippen LogP contribution is 2.32. The van der Waals surface area contributed by atoms with Crippen molar-refractivity contribution in [3.63, 3.8) is 0 Å². The number of aromatic nitrogens is 1. The number of benzene rings is 1. The smallest absolute Gasteiger partial charge is 0.0595 e. The van der Waals surface area contributed by atoms with E-state index in [0.29, 0.717) is 22.9 Å². The monoisotopic (exact) mass is 313 g/mol. The zero-order valence-electron chi connectivity index (χ0n) is 10.9. The third-order valence-corrected chi connectivity index (χ3v) is 4.33. The Morgan fingerprint density at radius 2 is 1.90 bits per heavy atom. The molecule has 1 atom stereocenters. The van der Waals surface area contributed by atoms with Gasteiger partial charge in [0.25, 0.3) is 0 Å². The van der Waals surface area contributed by atoms with Crippen molar-refractivity contribution in [2.75, 3.05) is 13.2 Å². The number of H-pyrrole nitrogens is 1. The summed E-state index contributed by atoms with van der Waals surface area (Å²) in [6.45, 7) is -0.0603. The van der Waals surface area contributed by atoms with E-state index in [1.165, 1.54) is 0 Å². The average Bonchev–Trinajstić information content (AvgIpc) is 2.97. The van der Waals surface area contributed by atoms with Gasteiger partial charge in [0.2, 0.25) is 0 Å². The van der Waals surface area contributed by atoms with E-state index in [1.54, 1.807) is 12.1 Å². The largest absolute Gasteiger partial charge is 0.396 e. The Morgan fingerprint density at radius 1 is 1.10 bits per heavy atom. The summed E-state index contributed by atoms with van der Waals surface area (Å²) in [6, 6.07) is 9.23. The summed E-state index contributed by atoms with van der Waals surface area (Å²) in [5.41, 5.74) is 1.33. The third-order valence-electron chi connectivity index (χ3n) is 3.59. The fraction of sp³-hybridized carbons (Fsp3) is 0.333.